The Balaban J connectivity index is 0.00000152. The second kappa shape index (κ2) is 10.6. The first-order valence-electron chi connectivity index (χ1n) is 11.8. The summed E-state index contributed by atoms with van der Waals surface area (Å²) in [4.78, 5) is 9.27. The molecule has 0 amide bonds. The van der Waals surface area contributed by atoms with Crippen LogP contribution >= 0.6 is 24.8 Å². The molecule has 10 heteroatoms. The number of anilines is 1. The van der Waals surface area contributed by atoms with Crippen molar-refractivity contribution in [1.29, 1.82) is 0 Å². The number of fused-ring (bicyclic) bond motifs is 4. The Labute approximate surface area is 222 Å². The largest absolute Gasteiger partial charge is 0.485 e. The Kier molecular flexibility index (Phi) is 7.68. The summed E-state index contributed by atoms with van der Waals surface area (Å²) in [6.45, 7) is 8.91. The minimum atomic E-state index is -0.234. The molecule has 4 aromatic rings. The van der Waals surface area contributed by atoms with Crippen LogP contribution in [0, 0.1) is 19.7 Å². The third-order valence-corrected chi connectivity index (χ3v) is 6.91. The van der Waals surface area contributed by atoms with Gasteiger partial charge in [-0.05, 0) is 50.1 Å². The molecule has 190 valence electrons. The highest BCUT2D eigenvalue weighted by Crippen LogP contribution is 2.34. The first-order valence-corrected chi connectivity index (χ1v) is 11.8. The normalized spacial score (nSPS) is 14.9. The Morgan fingerprint density at radius 3 is 2.58 bits per heavy atom. The molecule has 2 aliphatic rings. The Morgan fingerprint density at radius 2 is 1.78 bits per heavy atom. The van der Waals surface area contributed by atoms with Crippen molar-refractivity contribution in [3.05, 3.63) is 70.9 Å². The van der Waals surface area contributed by atoms with Crippen molar-refractivity contribution < 1.29 is 9.13 Å². The molecule has 2 aromatic heterocycles. The quantitative estimate of drug-likeness (QED) is 0.382. The number of ether oxygens (including phenoxy) is 1. The van der Waals surface area contributed by atoms with E-state index in [1.165, 1.54) is 11.6 Å². The molecule has 0 atom stereocenters. The van der Waals surface area contributed by atoms with Crippen molar-refractivity contribution in [3.63, 3.8) is 0 Å². The van der Waals surface area contributed by atoms with Gasteiger partial charge in [0.1, 0.15) is 29.6 Å². The maximum atomic E-state index is 14.3. The fourth-order valence-corrected chi connectivity index (χ4v) is 5.01. The molecule has 1 saturated heterocycles. The average molecular weight is 531 g/mol. The van der Waals surface area contributed by atoms with Gasteiger partial charge in [-0.1, -0.05) is 17.3 Å². The second-order valence-electron chi connectivity index (χ2n) is 9.11. The van der Waals surface area contributed by atoms with Crippen molar-refractivity contribution in [1.82, 2.24) is 24.9 Å². The molecule has 1 fully saturated rings. The smallest absolute Gasteiger partial charge is 0.148 e. The second-order valence-corrected chi connectivity index (χ2v) is 9.11. The van der Waals surface area contributed by atoms with Crippen LogP contribution in [0.5, 0.6) is 5.75 Å². The number of benzene rings is 2. The number of nitrogens with zero attached hydrogens (tertiary/aromatic N) is 6. The Morgan fingerprint density at radius 1 is 0.972 bits per heavy atom. The van der Waals surface area contributed by atoms with Crippen LogP contribution in [0.1, 0.15) is 22.6 Å². The van der Waals surface area contributed by atoms with Crippen LogP contribution in [-0.2, 0) is 13.0 Å². The molecule has 7 nitrogen and oxygen atoms in total. The molecule has 2 aliphatic heterocycles. The lowest BCUT2D eigenvalue weighted by atomic mass is 10.1. The van der Waals surface area contributed by atoms with Crippen LogP contribution < -0.4 is 9.64 Å². The van der Waals surface area contributed by atoms with Crippen molar-refractivity contribution in [2.45, 2.75) is 26.9 Å². The van der Waals surface area contributed by atoms with Crippen molar-refractivity contribution in [3.8, 4) is 11.4 Å². The van der Waals surface area contributed by atoms with Crippen LogP contribution in [-0.4, -0.2) is 57.6 Å². The lowest BCUT2D eigenvalue weighted by Gasteiger charge is -2.36. The summed E-state index contributed by atoms with van der Waals surface area (Å²) in [5.74, 6) is 0.676. The number of aryl methyl sites for hydroxylation is 2. The summed E-state index contributed by atoms with van der Waals surface area (Å²) >= 11 is 0. The number of pyridine rings is 1. The monoisotopic (exact) mass is 530 g/mol. The van der Waals surface area contributed by atoms with Crippen LogP contribution in [0.15, 0.2) is 42.5 Å². The highest BCUT2D eigenvalue weighted by Gasteiger charge is 2.24. The van der Waals surface area contributed by atoms with Gasteiger partial charge in [-0.3, -0.25) is 9.88 Å². The zero-order valence-corrected chi connectivity index (χ0v) is 21.9. The van der Waals surface area contributed by atoms with E-state index in [0.717, 1.165) is 84.3 Å². The first kappa shape index (κ1) is 26.1. The molecular weight excluding hydrogens is 502 g/mol. The molecule has 0 aliphatic carbocycles. The molecule has 0 bridgehead atoms. The van der Waals surface area contributed by atoms with Gasteiger partial charge in [0, 0.05) is 55.6 Å². The minimum Gasteiger partial charge on any atom is -0.485 e. The van der Waals surface area contributed by atoms with Gasteiger partial charge in [0.15, 0.2) is 0 Å². The van der Waals surface area contributed by atoms with Gasteiger partial charge in [0.05, 0.1) is 11.2 Å². The fraction of sp³-hybridized carbons (Fsp3) is 0.346. The molecule has 0 N–H and O–H groups in total. The predicted octanol–water partition coefficient (Wildman–Crippen LogP) is 4.67. The molecule has 6 rings (SSSR count). The number of aromatic nitrogens is 4. The van der Waals surface area contributed by atoms with Gasteiger partial charge >= 0.3 is 0 Å². The number of hydrogen-bond acceptors (Lipinski definition) is 6. The molecule has 0 unspecified atom stereocenters. The van der Waals surface area contributed by atoms with Gasteiger partial charge in [0.25, 0.3) is 0 Å². The fourth-order valence-electron chi connectivity index (χ4n) is 5.01. The van der Waals surface area contributed by atoms with E-state index in [-0.39, 0.29) is 30.6 Å². The molecule has 36 heavy (non-hydrogen) atoms. The number of rotatable bonds is 4. The van der Waals surface area contributed by atoms with Gasteiger partial charge in [0.2, 0.25) is 0 Å². The zero-order valence-electron chi connectivity index (χ0n) is 20.3. The van der Waals surface area contributed by atoms with E-state index < -0.39 is 0 Å². The van der Waals surface area contributed by atoms with E-state index in [0.29, 0.717) is 6.61 Å². The SMILES string of the molecule is Cc1ccc2c(N3CCN(CCc4cccc5c4OCc4c(C)nnn4-5)CC3)cc(F)cc2n1.Cl.Cl. The van der Waals surface area contributed by atoms with Crippen LogP contribution in [0.4, 0.5) is 10.1 Å². The highest BCUT2D eigenvalue weighted by molar-refractivity contribution is 5.92. The van der Waals surface area contributed by atoms with Crippen molar-refractivity contribution in [2.24, 2.45) is 0 Å². The van der Waals surface area contributed by atoms with E-state index in [2.05, 4.69) is 43.3 Å². The number of halogens is 3. The highest BCUT2D eigenvalue weighted by atomic mass is 35.5. The summed E-state index contributed by atoms with van der Waals surface area (Å²) in [6, 6.07) is 13.4. The predicted molar refractivity (Wildman–Crippen MR) is 144 cm³/mol. The van der Waals surface area contributed by atoms with Gasteiger partial charge in [-0.25, -0.2) is 9.07 Å². The minimum absolute atomic E-state index is 0. The van der Waals surface area contributed by atoms with Crippen LogP contribution in [0.25, 0.3) is 16.6 Å². The number of para-hydroxylation sites is 1. The summed E-state index contributed by atoms with van der Waals surface area (Å²) in [5.41, 5.74) is 6.63. The van der Waals surface area contributed by atoms with E-state index in [1.54, 1.807) is 6.07 Å². The van der Waals surface area contributed by atoms with Gasteiger partial charge in [-0.2, -0.15) is 0 Å². The van der Waals surface area contributed by atoms with Crippen molar-refractivity contribution in [2.75, 3.05) is 37.6 Å². The lowest BCUT2D eigenvalue weighted by Crippen LogP contribution is -2.47. The molecule has 4 heterocycles. The third kappa shape index (κ3) is 4.73. The van der Waals surface area contributed by atoms with E-state index in [4.69, 9.17) is 4.74 Å². The molecule has 0 radical (unpaired) electrons. The maximum Gasteiger partial charge on any atom is 0.148 e. The summed E-state index contributed by atoms with van der Waals surface area (Å²) < 4.78 is 22.3. The van der Waals surface area contributed by atoms with Gasteiger partial charge in [-0.15, -0.1) is 29.9 Å². The van der Waals surface area contributed by atoms with Crippen LogP contribution in [0.2, 0.25) is 0 Å². The standard InChI is InChI=1S/C26H27FN6O.2ClH/c1-17-6-7-21-22(28-17)14-20(27)15-24(21)32-12-10-31(11-13-32)9-8-19-4-3-5-23-26(19)34-16-25-18(2)29-30-33(23)25;;/h3-7,14-15H,8-13,16H2,1-2H3;2*1H. The Bertz CT molecular complexity index is 1380. The summed E-state index contributed by atoms with van der Waals surface area (Å²) in [5, 5.41) is 9.51. The van der Waals surface area contributed by atoms with Gasteiger partial charge < -0.3 is 9.64 Å². The zero-order chi connectivity index (χ0) is 23.2. The maximum absolute atomic E-state index is 14.3. The molecule has 0 spiro atoms. The van der Waals surface area contributed by atoms with Crippen LogP contribution in [0.3, 0.4) is 0 Å². The third-order valence-electron chi connectivity index (χ3n) is 6.91. The summed E-state index contributed by atoms with van der Waals surface area (Å²) in [7, 11) is 0. The number of piperazine rings is 1. The lowest BCUT2D eigenvalue weighted by molar-refractivity contribution is 0.254. The molecular formula is C26H29Cl2FN6O. The van der Waals surface area contributed by atoms with E-state index in [1.807, 2.05) is 30.7 Å². The topological polar surface area (TPSA) is 59.3 Å². The van der Waals surface area contributed by atoms with E-state index >= 15 is 0 Å². The van der Waals surface area contributed by atoms with E-state index in [9.17, 15) is 4.39 Å². The number of hydrogen-bond donors (Lipinski definition) is 0. The first-order chi connectivity index (χ1) is 16.6. The molecule has 0 saturated carbocycles. The van der Waals surface area contributed by atoms with Crippen molar-refractivity contribution >= 4 is 41.4 Å². The Hall–Kier alpha value is -2.94. The molecule has 2 aromatic carbocycles. The summed E-state index contributed by atoms with van der Waals surface area (Å²) in [6.07, 6.45) is 0.901. The average Bonchev–Trinajstić information content (AvgIpc) is 3.23.